The lowest BCUT2D eigenvalue weighted by atomic mass is 10.1. The maximum atomic E-state index is 13.1. The summed E-state index contributed by atoms with van der Waals surface area (Å²) in [6, 6.07) is 7.18. The summed E-state index contributed by atoms with van der Waals surface area (Å²) in [4.78, 5) is 0. The highest BCUT2D eigenvalue weighted by Crippen LogP contribution is 2.39. The van der Waals surface area contributed by atoms with Gasteiger partial charge in [0.05, 0.1) is 5.69 Å². The number of rotatable bonds is 2. The number of halogens is 1. The molecule has 0 radical (unpaired) electrons. The van der Waals surface area contributed by atoms with Crippen LogP contribution in [0.15, 0.2) is 24.3 Å². The summed E-state index contributed by atoms with van der Waals surface area (Å²) in [6.45, 7) is 1.77. The SMILES string of the molecule is Cc1cc(-c2cc(C3CC3)[nH]n2)ccc1F.[HH]. The van der Waals surface area contributed by atoms with E-state index in [2.05, 4.69) is 16.3 Å². The van der Waals surface area contributed by atoms with Crippen LogP contribution in [0.5, 0.6) is 0 Å². The fraction of sp³-hybridized carbons (Fsp3) is 0.308. The van der Waals surface area contributed by atoms with Crippen molar-refractivity contribution < 1.29 is 5.82 Å². The number of benzene rings is 1. The minimum Gasteiger partial charge on any atom is -0.282 e. The monoisotopic (exact) mass is 218 g/mol. The van der Waals surface area contributed by atoms with Gasteiger partial charge in [0.1, 0.15) is 5.82 Å². The van der Waals surface area contributed by atoms with Gasteiger partial charge in [-0.2, -0.15) is 5.10 Å². The third kappa shape index (κ3) is 1.62. The van der Waals surface area contributed by atoms with E-state index in [4.69, 9.17) is 0 Å². The molecule has 1 fully saturated rings. The summed E-state index contributed by atoms with van der Waals surface area (Å²) in [5.41, 5.74) is 3.75. The number of hydrogen-bond donors (Lipinski definition) is 1. The maximum absolute atomic E-state index is 13.1. The van der Waals surface area contributed by atoms with Gasteiger partial charge < -0.3 is 0 Å². The van der Waals surface area contributed by atoms with Crippen LogP contribution in [0.1, 0.15) is 31.4 Å². The molecule has 1 saturated carbocycles. The van der Waals surface area contributed by atoms with Crippen molar-refractivity contribution in [2.24, 2.45) is 0 Å². The van der Waals surface area contributed by atoms with Crippen LogP contribution in [-0.2, 0) is 0 Å². The van der Waals surface area contributed by atoms with E-state index >= 15 is 0 Å². The Labute approximate surface area is 95.0 Å². The molecule has 84 valence electrons. The Morgan fingerprint density at radius 3 is 2.88 bits per heavy atom. The van der Waals surface area contributed by atoms with Crippen molar-refractivity contribution in [3.05, 3.63) is 41.3 Å². The number of aromatic nitrogens is 2. The Morgan fingerprint density at radius 1 is 1.38 bits per heavy atom. The standard InChI is InChI=1S/C13H13FN2.H2/c1-8-6-10(4-5-11(8)14)13-7-12(15-16-13)9-2-3-9;/h4-7,9H,2-3H2,1H3,(H,15,16);1H. The summed E-state index contributed by atoms with van der Waals surface area (Å²) in [5, 5.41) is 7.33. The Hall–Kier alpha value is -1.64. The third-order valence-electron chi connectivity index (χ3n) is 3.07. The lowest BCUT2D eigenvalue weighted by molar-refractivity contribution is 0.619. The zero-order valence-corrected chi connectivity index (χ0v) is 9.13. The first-order chi connectivity index (χ1) is 7.74. The van der Waals surface area contributed by atoms with Crippen molar-refractivity contribution >= 4 is 0 Å². The van der Waals surface area contributed by atoms with Gasteiger partial charge >= 0.3 is 0 Å². The Bertz CT molecular complexity index is 532. The second kappa shape index (κ2) is 3.44. The molecule has 1 N–H and O–H groups in total. The molecule has 2 aromatic rings. The fourth-order valence-corrected chi connectivity index (χ4v) is 1.89. The molecule has 16 heavy (non-hydrogen) atoms. The van der Waals surface area contributed by atoms with Gasteiger partial charge in [0.15, 0.2) is 0 Å². The molecule has 2 nitrogen and oxygen atoms in total. The topological polar surface area (TPSA) is 28.7 Å². The van der Waals surface area contributed by atoms with E-state index in [1.807, 2.05) is 6.07 Å². The van der Waals surface area contributed by atoms with Gasteiger partial charge in [0.25, 0.3) is 0 Å². The second-order valence-electron chi connectivity index (χ2n) is 4.45. The van der Waals surface area contributed by atoms with Crippen LogP contribution in [0.4, 0.5) is 4.39 Å². The summed E-state index contributed by atoms with van der Waals surface area (Å²) in [5.74, 6) is 0.504. The van der Waals surface area contributed by atoms with Gasteiger partial charge in [-0.05, 0) is 49.6 Å². The normalized spacial score (nSPS) is 15.4. The van der Waals surface area contributed by atoms with Crippen molar-refractivity contribution in [2.45, 2.75) is 25.7 Å². The van der Waals surface area contributed by atoms with Crippen molar-refractivity contribution in [3.63, 3.8) is 0 Å². The quantitative estimate of drug-likeness (QED) is 0.819. The van der Waals surface area contributed by atoms with E-state index in [1.54, 1.807) is 13.0 Å². The van der Waals surface area contributed by atoms with Gasteiger partial charge in [-0.1, -0.05) is 0 Å². The molecule has 1 aliphatic carbocycles. The molecular weight excluding hydrogens is 203 g/mol. The van der Waals surface area contributed by atoms with Crippen LogP contribution in [0.25, 0.3) is 11.3 Å². The molecular formula is C13H15FN2. The number of hydrogen-bond acceptors (Lipinski definition) is 1. The molecule has 0 unspecified atom stereocenters. The minimum atomic E-state index is -0.165. The van der Waals surface area contributed by atoms with Gasteiger partial charge in [0, 0.05) is 18.6 Å². The number of aromatic amines is 1. The predicted molar refractivity (Wildman–Crippen MR) is 62.8 cm³/mol. The Morgan fingerprint density at radius 2 is 2.19 bits per heavy atom. The lowest BCUT2D eigenvalue weighted by Gasteiger charge is -1.99. The van der Waals surface area contributed by atoms with Gasteiger partial charge in [-0.3, -0.25) is 5.10 Å². The number of aryl methyl sites for hydroxylation is 1. The van der Waals surface area contributed by atoms with Crippen LogP contribution in [0.3, 0.4) is 0 Å². The van der Waals surface area contributed by atoms with Crippen LogP contribution in [-0.4, -0.2) is 10.2 Å². The Kier molecular flexibility index (Phi) is 2.06. The van der Waals surface area contributed by atoms with Gasteiger partial charge in [-0.15, -0.1) is 0 Å². The van der Waals surface area contributed by atoms with Crippen LogP contribution in [0.2, 0.25) is 0 Å². The third-order valence-corrected chi connectivity index (χ3v) is 3.07. The van der Waals surface area contributed by atoms with E-state index in [0.717, 1.165) is 11.3 Å². The first-order valence-corrected chi connectivity index (χ1v) is 5.56. The molecule has 0 bridgehead atoms. The molecule has 3 rings (SSSR count). The number of nitrogens with one attached hydrogen (secondary N) is 1. The van der Waals surface area contributed by atoms with Crippen molar-refractivity contribution in [1.29, 1.82) is 0 Å². The lowest BCUT2D eigenvalue weighted by Crippen LogP contribution is -1.84. The molecule has 1 aromatic heterocycles. The molecule has 1 aromatic carbocycles. The summed E-state index contributed by atoms with van der Waals surface area (Å²) >= 11 is 0. The van der Waals surface area contributed by atoms with E-state index in [1.165, 1.54) is 24.6 Å². The predicted octanol–water partition coefficient (Wildman–Crippen LogP) is 3.65. The molecule has 0 atom stereocenters. The summed E-state index contributed by atoms with van der Waals surface area (Å²) in [7, 11) is 0. The van der Waals surface area contributed by atoms with E-state index < -0.39 is 0 Å². The molecule has 1 aliphatic rings. The molecule has 3 heteroatoms. The molecule has 0 aliphatic heterocycles. The maximum Gasteiger partial charge on any atom is 0.126 e. The van der Waals surface area contributed by atoms with E-state index in [-0.39, 0.29) is 7.24 Å². The van der Waals surface area contributed by atoms with E-state index in [9.17, 15) is 4.39 Å². The molecule has 1 heterocycles. The first-order valence-electron chi connectivity index (χ1n) is 5.56. The zero-order chi connectivity index (χ0) is 11.1. The van der Waals surface area contributed by atoms with Crippen molar-refractivity contribution in [1.82, 2.24) is 10.2 Å². The highest BCUT2D eigenvalue weighted by molar-refractivity contribution is 5.60. The molecule has 0 spiro atoms. The van der Waals surface area contributed by atoms with Crippen molar-refractivity contribution in [2.75, 3.05) is 0 Å². The van der Waals surface area contributed by atoms with Gasteiger partial charge in [-0.25, -0.2) is 4.39 Å². The summed E-state index contributed by atoms with van der Waals surface area (Å²) in [6.07, 6.45) is 2.51. The molecule has 0 saturated heterocycles. The van der Waals surface area contributed by atoms with Crippen LogP contribution in [0, 0.1) is 12.7 Å². The average molecular weight is 218 g/mol. The molecule has 0 amide bonds. The summed E-state index contributed by atoms with van der Waals surface area (Å²) < 4.78 is 13.1. The van der Waals surface area contributed by atoms with Gasteiger partial charge in [0.2, 0.25) is 0 Å². The largest absolute Gasteiger partial charge is 0.282 e. The number of nitrogens with zero attached hydrogens (tertiary/aromatic N) is 1. The smallest absolute Gasteiger partial charge is 0.126 e. The van der Waals surface area contributed by atoms with E-state index in [0.29, 0.717) is 11.5 Å². The average Bonchev–Trinajstić information content (AvgIpc) is 3.01. The fourth-order valence-electron chi connectivity index (χ4n) is 1.89. The first kappa shape index (κ1) is 9.58. The van der Waals surface area contributed by atoms with Crippen LogP contribution >= 0.6 is 0 Å². The Balaban J connectivity index is 0.00000108. The zero-order valence-electron chi connectivity index (χ0n) is 9.13. The minimum absolute atomic E-state index is 0. The second-order valence-corrected chi connectivity index (χ2v) is 4.45. The van der Waals surface area contributed by atoms with Crippen LogP contribution < -0.4 is 0 Å². The number of H-pyrrole nitrogens is 1. The highest BCUT2D eigenvalue weighted by Gasteiger charge is 2.25. The highest BCUT2D eigenvalue weighted by atomic mass is 19.1. The van der Waals surface area contributed by atoms with Crippen molar-refractivity contribution in [3.8, 4) is 11.3 Å².